The summed E-state index contributed by atoms with van der Waals surface area (Å²) < 4.78 is 4.73. The Kier molecular flexibility index (Phi) is 9.06. The number of para-hydroxylation sites is 1. The summed E-state index contributed by atoms with van der Waals surface area (Å²) in [4.78, 5) is 14.8. The molecule has 1 aliphatic heterocycles. The maximum Gasteiger partial charge on any atom is 0.341 e. The molecule has 7 heteroatoms. The van der Waals surface area contributed by atoms with E-state index in [1.54, 1.807) is 17.0 Å². The molecule has 0 bridgehead atoms. The second-order valence-corrected chi connectivity index (χ2v) is 6.69. The first-order valence-electron chi connectivity index (χ1n) is 8.73. The van der Waals surface area contributed by atoms with Crippen LogP contribution in [-0.4, -0.2) is 44.4 Å². The number of rotatable bonds is 4. The SMILES string of the molecule is COC(=O)c1cc(C[NH+]2CC[NH+](c3ccccc3C)CC2)ccc1O.[Cl-].[Cl-]. The van der Waals surface area contributed by atoms with E-state index in [1.807, 2.05) is 6.07 Å². The van der Waals surface area contributed by atoms with E-state index in [1.165, 1.54) is 23.3 Å². The number of methoxy groups -OCH3 is 1. The third-order valence-electron chi connectivity index (χ3n) is 5.01. The summed E-state index contributed by atoms with van der Waals surface area (Å²) >= 11 is 0. The quantitative estimate of drug-likeness (QED) is 0.438. The van der Waals surface area contributed by atoms with Gasteiger partial charge in [-0.15, -0.1) is 0 Å². The van der Waals surface area contributed by atoms with Gasteiger partial charge >= 0.3 is 5.97 Å². The molecule has 0 spiro atoms. The van der Waals surface area contributed by atoms with Gasteiger partial charge in [0.2, 0.25) is 0 Å². The van der Waals surface area contributed by atoms with Crippen LogP contribution in [0.2, 0.25) is 0 Å². The van der Waals surface area contributed by atoms with Crippen molar-refractivity contribution in [1.82, 2.24) is 0 Å². The number of carbonyl (C=O) groups is 1. The summed E-state index contributed by atoms with van der Waals surface area (Å²) in [7, 11) is 1.33. The number of hydrogen-bond acceptors (Lipinski definition) is 3. The number of hydrogen-bond donors (Lipinski definition) is 3. The Morgan fingerprint density at radius 1 is 1.07 bits per heavy atom. The van der Waals surface area contributed by atoms with E-state index in [9.17, 15) is 9.90 Å². The van der Waals surface area contributed by atoms with Crippen molar-refractivity contribution >= 4 is 11.7 Å². The van der Waals surface area contributed by atoms with Crippen molar-refractivity contribution in [2.45, 2.75) is 13.5 Å². The lowest BCUT2D eigenvalue weighted by Gasteiger charge is -2.30. The number of quaternary nitrogens is 2. The van der Waals surface area contributed by atoms with Crippen LogP contribution in [0.5, 0.6) is 5.75 Å². The molecule has 0 radical (unpaired) electrons. The second kappa shape index (κ2) is 10.5. The Balaban J connectivity index is 0.00000182. The Labute approximate surface area is 172 Å². The van der Waals surface area contributed by atoms with Crippen LogP contribution in [0, 0.1) is 6.92 Å². The van der Waals surface area contributed by atoms with Crippen LogP contribution in [0.1, 0.15) is 21.5 Å². The molecule has 3 rings (SSSR count). The van der Waals surface area contributed by atoms with Crippen molar-refractivity contribution in [2.24, 2.45) is 0 Å². The minimum atomic E-state index is -0.497. The highest BCUT2D eigenvalue weighted by molar-refractivity contribution is 5.92. The number of ether oxygens (including phenoxy) is 1. The van der Waals surface area contributed by atoms with Crippen LogP contribution in [0.25, 0.3) is 0 Å². The second-order valence-electron chi connectivity index (χ2n) is 6.69. The van der Waals surface area contributed by atoms with Crippen molar-refractivity contribution < 1.29 is 49.3 Å². The van der Waals surface area contributed by atoms with Crippen LogP contribution < -0.4 is 34.6 Å². The number of aryl methyl sites for hydroxylation is 1. The number of benzene rings is 2. The number of nitrogens with one attached hydrogen (secondary N) is 2. The van der Waals surface area contributed by atoms with Gasteiger partial charge in [0.05, 0.1) is 7.11 Å². The van der Waals surface area contributed by atoms with E-state index in [4.69, 9.17) is 4.74 Å². The van der Waals surface area contributed by atoms with E-state index in [2.05, 4.69) is 31.2 Å². The summed E-state index contributed by atoms with van der Waals surface area (Å²) in [6.07, 6.45) is 0. The molecule has 0 aromatic heterocycles. The predicted molar refractivity (Wildman–Crippen MR) is 95.4 cm³/mol. The molecule has 0 aliphatic carbocycles. The molecule has 1 aliphatic rings. The van der Waals surface area contributed by atoms with Gasteiger partial charge in [0, 0.05) is 11.1 Å². The largest absolute Gasteiger partial charge is 1.00 e. The van der Waals surface area contributed by atoms with Crippen LogP contribution >= 0.6 is 0 Å². The van der Waals surface area contributed by atoms with E-state index in [0.717, 1.165) is 38.3 Å². The van der Waals surface area contributed by atoms with E-state index >= 15 is 0 Å². The van der Waals surface area contributed by atoms with Gasteiger partial charge in [-0.1, -0.05) is 18.2 Å². The van der Waals surface area contributed by atoms with Gasteiger partial charge in [0.15, 0.2) is 0 Å². The zero-order valence-corrected chi connectivity index (χ0v) is 17.1. The van der Waals surface area contributed by atoms with Crippen molar-refractivity contribution in [2.75, 3.05) is 33.3 Å². The minimum Gasteiger partial charge on any atom is -1.00 e. The number of piperazine rings is 1. The van der Waals surface area contributed by atoms with Crippen LogP contribution in [0.15, 0.2) is 42.5 Å². The van der Waals surface area contributed by atoms with Crippen LogP contribution in [-0.2, 0) is 11.3 Å². The summed E-state index contributed by atoms with van der Waals surface area (Å²) in [6.45, 7) is 7.39. The van der Waals surface area contributed by atoms with Gasteiger partial charge in [0.25, 0.3) is 0 Å². The zero-order chi connectivity index (χ0) is 17.8. The normalized spacial score (nSPS) is 18.7. The number of aromatic hydroxyl groups is 1. The average molecular weight is 413 g/mol. The zero-order valence-electron chi connectivity index (χ0n) is 15.6. The number of phenols is 1. The number of phenolic OH excluding ortho intramolecular Hbond substituents is 1. The summed E-state index contributed by atoms with van der Waals surface area (Å²) in [5, 5.41) is 9.82. The highest BCUT2D eigenvalue weighted by atomic mass is 35.5. The van der Waals surface area contributed by atoms with Gasteiger partial charge in [-0.05, 0) is 31.2 Å². The molecule has 5 nitrogen and oxygen atoms in total. The molecule has 0 saturated carbocycles. The van der Waals surface area contributed by atoms with Gasteiger partial charge in [-0.3, -0.25) is 4.90 Å². The van der Waals surface area contributed by atoms with Gasteiger partial charge < -0.3 is 39.6 Å². The van der Waals surface area contributed by atoms with Crippen molar-refractivity contribution in [3.63, 3.8) is 0 Å². The fraction of sp³-hybridized carbons (Fsp3) is 0.350. The van der Waals surface area contributed by atoms with Gasteiger partial charge in [0.1, 0.15) is 49.7 Å². The molecule has 1 saturated heterocycles. The Hall–Kier alpha value is -1.79. The fourth-order valence-corrected chi connectivity index (χ4v) is 3.58. The van der Waals surface area contributed by atoms with Crippen molar-refractivity contribution in [3.05, 3.63) is 59.2 Å². The van der Waals surface area contributed by atoms with E-state index in [-0.39, 0.29) is 36.1 Å². The maximum atomic E-state index is 11.7. The van der Waals surface area contributed by atoms with Gasteiger partial charge in [-0.25, -0.2) is 4.79 Å². The van der Waals surface area contributed by atoms with Crippen LogP contribution in [0.4, 0.5) is 5.69 Å². The molecule has 1 heterocycles. The molecule has 0 atom stereocenters. The average Bonchev–Trinajstić information content (AvgIpc) is 2.64. The first-order valence-corrected chi connectivity index (χ1v) is 8.73. The lowest BCUT2D eigenvalue weighted by molar-refractivity contribution is -0.994. The molecule has 27 heavy (non-hydrogen) atoms. The highest BCUT2D eigenvalue weighted by Gasteiger charge is 2.25. The fourth-order valence-electron chi connectivity index (χ4n) is 3.58. The number of esters is 1. The summed E-state index contributed by atoms with van der Waals surface area (Å²) in [5.74, 6) is -0.525. The Morgan fingerprint density at radius 2 is 1.74 bits per heavy atom. The molecule has 3 N–H and O–H groups in total. The number of halogens is 2. The molecular formula is C20H26Cl2N2O3. The molecular weight excluding hydrogens is 387 g/mol. The molecule has 2 aromatic rings. The first kappa shape index (κ1) is 23.2. The lowest BCUT2D eigenvalue weighted by Crippen LogP contribution is -3.25. The first-order chi connectivity index (χ1) is 12.1. The molecule has 0 unspecified atom stereocenters. The van der Waals surface area contributed by atoms with Gasteiger partial charge in [-0.2, -0.15) is 0 Å². The molecule has 148 valence electrons. The molecule has 0 amide bonds. The third kappa shape index (κ3) is 5.59. The summed E-state index contributed by atoms with van der Waals surface area (Å²) in [6, 6.07) is 13.8. The van der Waals surface area contributed by atoms with Crippen LogP contribution in [0.3, 0.4) is 0 Å². The predicted octanol–water partition coefficient (Wildman–Crippen LogP) is -5.89. The minimum absolute atomic E-state index is 0. The summed E-state index contributed by atoms with van der Waals surface area (Å²) in [5.41, 5.74) is 4.04. The Bertz CT molecular complexity index is 763. The topological polar surface area (TPSA) is 55.4 Å². The standard InChI is InChI=1S/C20H24N2O3.2ClH/c1-15-5-3-4-6-18(15)22-11-9-21(10-12-22)14-16-7-8-19(23)17(13-16)20(24)25-2;;/h3-8,13,23H,9-12,14H2,1-2H3;2*1H. The monoisotopic (exact) mass is 412 g/mol. The maximum absolute atomic E-state index is 11.7. The smallest absolute Gasteiger partial charge is 0.341 e. The van der Waals surface area contributed by atoms with Crippen molar-refractivity contribution in [1.29, 1.82) is 0 Å². The molecule has 2 aromatic carbocycles. The third-order valence-corrected chi connectivity index (χ3v) is 5.01. The Morgan fingerprint density at radius 3 is 2.37 bits per heavy atom. The van der Waals surface area contributed by atoms with E-state index in [0.29, 0.717) is 0 Å². The van der Waals surface area contributed by atoms with Crippen molar-refractivity contribution in [3.8, 4) is 5.75 Å². The number of carbonyl (C=O) groups excluding carboxylic acids is 1. The highest BCUT2D eigenvalue weighted by Crippen LogP contribution is 2.19. The molecule has 1 fully saturated rings. The van der Waals surface area contributed by atoms with E-state index < -0.39 is 5.97 Å². The lowest BCUT2D eigenvalue weighted by atomic mass is 10.1.